The van der Waals surface area contributed by atoms with Crippen LogP contribution in [0.25, 0.3) is 5.76 Å². The fourth-order valence-electron chi connectivity index (χ4n) is 4.56. The number of rotatable bonds is 1. The average molecular weight is 469 g/mol. The molecule has 0 heterocycles. The number of amides is 1. The highest BCUT2D eigenvalue weighted by Crippen LogP contribution is 2.51. The van der Waals surface area contributed by atoms with Crippen LogP contribution in [0.1, 0.15) is 24.0 Å². The Morgan fingerprint density at radius 2 is 1.69 bits per heavy atom. The largest absolute Gasteiger partial charge is 0.508 e. The lowest BCUT2D eigenvalue weighted by Gasteiger charge is -2.46. The van der Waals surface area contributed by atoms with Crippen LogP contribution in [-0.4, -0.2) is 61.0 Å². The highest BCUT2D eigenvalue weighted by Gasteiger charge is 2.60. The van der Waals surface area contributed by atoms with E-state index in [2.05, 4.69) is 0 Å². The minimum Gasteiger partial charge on any atom is -0.508 e. The van der Waals surface area contributed by atoms with Gasteiger partial charge in [-0.25, -0.2) is 0 Å². The molecule has 172 valence electrons. The summed E-state index contributed by atoms with van der Waals surface area (Å²) in [5.74, 6) is -6.14. The van der Waals surface area contributed by atoms with Gasteiger partial charge in [0.2, 0.25) is 5.78 Å². The van der Waals surface area contributed by atoms with Crippen molar-refractivity contribution in [2.24, 2.45) is 17.6 Å². The van der Waals surface area contributed by atoms with Crippen molar-refractivity contribution in [3.63, 3.8) is 0 Å². The van der Waals surface area contributed by atoms with E-state index in [9.17, 15) is 34.8 Å². The highest BCUT2D eigenvalue weighted by molar-refractivity contribution is 7.79. The van der Waals surface area contributed by atoms with E-state index < -0.39 is 62.4 Å². The fraction of sp³-hybridized carbons (Fsp3) is 0.316. The summed E-state index contributed by atoms with van der Waals surface area (Å²) in [6.45, 7) is 0. The van der Waals surface area contributed by atoms with Gasteiger partial charge in [0.1, 0.15) is 22.8 Å². The average Bonchev–Trinajstić information content (AvgIpc) is 2.63. The molecule has 8 N–H and O–H groups in total. The van der Waals surface area contributed by atoms with Gasteiger partial charge in [0, 0.05) is 17.9 Å². The molecule has 4 rings (SSSR count). The molecule has 3 atom stereocenters. The third-order valence-corrected chi connectivity index (χ3v) is 5.80. The van der Waals surface area contributed by atoms with Crippen LogP contribution in [0.15, 0.2) is 35.1 Å². The van der Waals surface area contributed by atoms with Crippen LogP contribution in [0.5, 0.6) is 5.75 Å². The molecule has 12 nitrogen and oxygen atoms in total. The van der Waals surface area contributed by atoms with E-state index in [1.807, 2.05) is 0 Å². The topological polar surface area (TPSA) is 233 Å². The van der Waals surface area contributed by atoms with E-state index >= 15 is 0 Å². The number of nitrogens with two attached hydrogens (primary N) is 1. The van der Waals surface area contributed by atoms with Gasteiger partial charge in [-0.2, -0.15) is 8.42 Å². The Kier molecular flexibility index (Phi) is 5.63. The molecule has 3 aliphatic rings. The third kappa shape index (κ3) is 3.75. The summed E-state index contributed by atoms with van der Waals surface area (Å²) >= 11 is 0. The van der Waals surface area contributed by atoms with Crippen molar-refractivity contribution >= 4 is 33.6 Å². The molecule has 0 saturated heterocycles. The molecular formula is C19H19NO11S. The van der Waals surface area contributed by atoms with Crippen molar-refractivity contribution < 1.29 is 52.3 Å². The maximum Gasteiger partial charge on any atom is 0.394 e. The molecule has 1 aromatic rings. The van der Waals surface area contributed by atoms with E-state index in [1.54, 1.807) is 12.1 Å². The summed E-state index contributed by atoms with van der Waals surface area (Å²) in [5, 5.41) is 42.1. The first-order valence-corrected chi connectivity index (χ1v) is 10.6. The lowest BCUT2D eigenvalue weighted by molar-refractivity contribution is -0.147. The maximum absolute atomic E-state index is 13.1. The van der Waals surface area contributed by atoms with Crippen molar-refractivity contribution in [1.82, 2.24) is 0 Å². The number of aliphatic hydroxyl groups is 3. The second-order valence-corrected chi connectivity index (χ2v) is 8.56. The fourth-order valence-corrected chi connectivity index (χ4v) is 4.56. The van der Waals surface area contributed by atoms with Crippen molar-refractivity contribution in [3.8, 4) is 5.75 Å². The Hall–Kier alpha value is -3.26. The van der Waals surface area contributed by atoms with Gasteiger partial charge >= 0.3 is 10.4 Å². The number of aliphatic hydroxyl groups excluding tert-OH is 2. The summed E-state index contributed by atoms with van der Waals surface area (Å²) in [6.07, 6.45) is 0.142. The van der Waals surface area contributed by atoms with Crippen LogP contribution >= 0.6 is 0 Å². The lowest BCUT2D eigenvalue weighted by Crippen LogP contribution is -2.58. The Morgan fingerprint density at radius 1 is 1.09 bits per heavy atom. The number of hydrogen-bond donors (Lipinski definition) is 7. The first-order valence-electron chi connectivity index (χ1n) is 9.16. The van der Waals surface area contributed by atoms with E-state index in [1.165, 1.54) is 6.07 Å². The van der Waals surface area contributed by atoms with Crippen molar-refractivity contribution in [2.75, 3.05) is 0 Å². The molecule has 3 unspecified atom stereocenters. The van der Waals surface area contributed by atoms with Gasteiger partial charge < -0.3 is 26.2 Å². The summed E-state index contributed by atoms with van der Waals surface area (Å²) < 4.78 is 31.6. The van der Waals surface area contributed by atoms with Crippen LogP contribution in [0.2, 0.25) is 0 Å². The summed E-state index contributed by atoms with van der Waals surface area (Å²) in [5.41, 5.74) is 2.42. The zero-order valence-electron chi connectivity index (χ0n) is 16.2. The van der Waals surface area contributed by atoms with Gasteiger partial charge in [-0.05, 0) is 30.4 Å². The normalized spacial score (nSPS) is 27.1. The quantitative estimate of drug-likeness (QED) is 0.209. The maximum atomic E-state index is 13.1. The Balaban J connectivity index is 0.000000523. The molecule has 0 bridgehead atoms. The zero-order chi connectivity index (χ0) is 24.2. The number of fused-ring (bicyclic) bond motifs is 3. The van der Waals surface area contributed by atoms with Crippen LogP contribution < -0.4 is 5.73 Å². The lowest BCUT2D eigenvalue weighted by atomic mass is 9.59. The van der Waals surface area contributed by atoms with E-state index in [0.29, 0.717) is 12.0 Å². The standard InChI is InChI=1S/C19H17NO7.H2O4S/c20-18(26)14-11(22)6-9-5-8-4-7-2-1-3-10(21)12(7)15(23)13(8)16(24)19(9,27)17(14)25;1-5(2,3)4/h1-3,8-9,21,23,25,27H,4-6H2,(H2,20,26);(H2,1,2,3,4). The molecule has 1 amide bonds. The molecular weight excluding hydrogens is 450 g/mol. The summed E-state index contributed by atoms with van der Waals surface area (Å²) in [7, 11) is -4.67. The van der Waals surface area contributed by atoms with E-state index in [4.69, 9.17) is 23.3 Å². The van der Waals surface area contributed by atoms with Gasteiger partial charge in [-0.1, -0.05) is 12.1 Å². The Labute approximate surface area is 180 Å². The Bertz CT molecular complexity index is 1210. The molecule has 32 heavy (non-hydrogen) atoms. The predicted molar refractivity (Wildman–Crippen MR) is 106 cm³/mol. The first-order chi connectivity index (χ1) is 14.7. The SMILES string of the molecule is NC(=O)C1=C(O)C2(O)C(=O)C3=C(O)c4c(O)cccc4CC3CC2CC1=O.O=S(=O)(O)O. The zero-order valence-corrected chi connectivity index (χ0v) is 17.0. The number of hydrogen-bond acceptors (Lipinski definition) is 9. The number of carbonyl (C=O) groups excluding carboxylic acids is 3. The molecule has 0 aliphatic heterocycles. The highest BCUT2D eigenvalue weighted by atomic mass is 32.3. The van der Waals surface area contributed by atoms with Crippen molar-refractivity contribution in [3.05, 3.63) is 46.2 Å². The molecule has 3 aliphatic carbocycles. The van der Waals surface area contributed by atoms with Crippen molar-refractivity contribution in [1.29, 1.82) is 0 Å². The van der Waals surface area contributed by atoms with Crippen LogP contribution in [0.4, 0.5) is 0 Å². The molecule has 1 saturated carbocycles. The molecule has 0 spiro atoms. The number of carbonyl (C=O) groups is 3. The second kappa shape index (κ2) is 7.70. The Morgan fingerprint density at radius 3 is 2.25 bits per heavy atom. The molecule has 0 aromatic heterocycles. The molecule has 0 radical (unpaired) electrons. The molecule has 1 aromatic carbocycles. The number of phenols is 1. The van der Waals surface area contributed by atoms with E-state index in [0.717, 1.165) is 0 Å². The smallest absolute Gasteiger partial charge is 0.394 e. The van der Waals surface area contributed by atoms with Gasteiger partial charge in [0.05, 0.1) is 5.56 Å². The number of benzene rings is 1. The number of ketones is 2. The number of phenolic OH excluding ortho intramolecular Hbond substituents is 1. The predicted octanol–water partition coefficient (Wildman–Crippen LogP) is -0.229. The van der Waals surface area contributed by atoms with Crippen molar-refractivity contribution in [2.45, 2.75) is 24.9 Å². The monoisotopic (exact) mass is 469 g/mol. The summed E-state index contributed by atoms with van der Waals surface area (Å²) in [6, 6.07) is 4.69. The second-order valence-electron chi connectivity index (χ2n) is 7.67. The van der Waals surface area contributed by atoms with Crippen LogP contribution in [-0.2, 0) is 31.2 Å². The van der Waals surface area contributed by atoms with Gasteiger partial charge in [-0.3, -0.25) is 23.5 Å². The first kappa shape index (κ1) is 23.4. The minimum absolute atomic E-state index is 0.102. The van der Waals surface area contributed by atoms with Gasteiger partial charge in [0.15, 0.2) is 11.4 Å². The number of aromatic hydroxyl groups is 1. The van der Waals surface area contributed by atoms with Crippen LogP contribution in [0.3, 0.4) is 0 Å². The summed E-state index contributed by atoms with van der Waals surface area (Å²) in [4.78, 5) is 36.8. The van der Waals surface area contributed by atoms with E-state index in [-0.39, 0.29) is 29.7 Å². The van der Waals surface area contributed by atoms with Gasteiger partial charge in [-0.15, -0.1) is 0 Å². The molecule has 1 fully saturated rings. The third-order valence-electron chi connectivity index (χ3n) is 5.80. The molecule has 13 heteroatoms. The van der Waals surface area contributed by atoms with Crippen LogP contribution in [0, 0.1) is 11.8 Å². The van der Waals surface area contributed by atoms with Gasteiger partial charge in [0.25, 0.3) is 5.91 Å². The number of Topliss-reactive ketones (excluding diaryl/α,β-unsaturated/α-hetero) is 2. The minimum atomic E-state index is -4.67. The number of primary amides is 1.